The third-order valence-electron chi connectivity index (χ3n) is 4.98. The maximum atomic E-state index is 13.0. The zero-order chi connectivity index (χ0) is 17.1. The van der Waals surface area contributed by atoms with Crippen LogP contribution in [0.25, 0.3) is 0 Å². The van der Waals surface area contributed by atoms with Crippen molar-refractivity contribution in [1.82, 2.24) is 15.5 Å². The van der Waals surface area contributed by atoms with E-state index in [0.29, 0.717) is 24.6 Å². The zero-order valence-corrected chi connectivity index (χ0v) is 15.7. The van der Waals surface area contributed by atoms with Crippen LogP contribution in [-0.2, 0) is 0 Å². The molecule has 0 radical (unpaired) electrons. The third kappa shape index (κ3) is 4.07. The van der Waals surface area contributed by atoms with Crippen molar-refractivity contribution in [3.63, 3.8) is 0 Å². The molecule has 0 bridgehead atoms. The Balaban J connectivity index is 0.00000225. The summed E-state index contributed by atoms with van der Waals surface area (Å²) in [7, 11) is 1.95. The van der Waals surface area contributed by atoms with E-state index in [9.17, 15) is 9.59 Å². The molecule has 2 heterocycles. The van der Waals surface area contributed by atoms with Crippen LogP contribution >= 0.6 is 12.4 Å². The van der Waals surface area contributed by atoms with Crippen LogP contribution in [0.3, 0.4) is 0 Å². The molecule has 0 saturated carbocycles. The number of nitrogens with zero attached hydrogens (tertiary/aromatic N) is 2. The summed E-state index contributed by atoms with van der Waals surface area (Å²) in [6.45, 7) is 5.78. The molecule has 1 aromatic rings. The summed E-state index contributed by atoms with van der Waals surface area (Å²) in [5.41, 5.74) is 2.42. The van der Waals surface area contributed by atoms with Gasteiger partial charge in [0, 0.05) is 37.4 Å². The number of amides is 3. The predicted molar refractivity (Wildman–Crippen MR) is 102 cm³/mol. The highest BCUT2D eigenvalue weighted by Crippen LogP contribution is 2.27. The van der Waals surface area contributed by atoms with E-state index in [1.807, 2.05) is 37.1 Å². The molecule has 2 aliphatic heterocycles. The molecule has 2 aliphatic rings. The number of anilines is 1. The highest BCUT2D eigenvalue weighted by molar-refractivity contribution is 6.00. The van der Waals surface area contributed by atoms with Crippen LogP contribution < -0.4 is 15.5 Å². The summed E-state index contributed by atoms with van der Waals surface area (Å²) in [5, 5.41) is 6.02. The Morgan fingerprint density at radius 3 is 2.84 bits per heavy atom. The minimum absolute atomic E-state index is 0. The Morgan fingerprint density at radius 2 is 2.16 bits per heavy atom. The number of likely N-dealkylation sites (tertiary alicyclic amines) is 1. The summed E-state index contributed by atoms with van der Waals surface area (Å²) < 4.78 is 0. The highest BCUT2D eigenvalue weighted by Gasteiger charge is 2.28. The topological polar surface area (TPSA) is 64.7 Å². The molecule has 2 saturated heterocycles. The Hall–Kier alpha value is -1.79. The number of hydrogen-bond donors (Lipinski definition) is 2. The summed E-state index contributed by atoms with van der Waals surface area (Å²) in [4.78, 5) is 28.6. The van der Waals surface area contributed by atoms with Gasteiger partial charge in [-0.2, -0.15) is 0 Å². The molecule has 2 N–H and O–H groups in total. The maximum absolute atomic E-state index is 13.0. The lowest BCUT2D eigenvalue weighted by molar-refractivity contribution is 0.0673. The van der Waals surface area contributed by atoms with Crippen molar-refractivity contribution in [2.75, 3.05) is 44.7 Å². The predicted octanol–water partition coefficient (Wildman–Crippen LogP) is 2.02. The Morgan fingerprint density at radius 1 is 1.36 bits per heavy atom. The van der Waals surface area contributed by atoms with Crippen LogP contribution in [0.4, 0.5) is 10.5 Å². The SMILES string of the molecule is CNCC1CCCN(C(=O)c2cccc(N3CCNC3=O)c2C)C1.Cl. The van der Waals surface area contributed by atoms with E-state index in [2.05, 4.69) is 10.6 Å². The molecule has 1 unspecified atom stereocenters. The Labute approximate surface area is 155 Å². The van der Waals surface area contributed by atoms with Crippen molar-refractivity contribution in [3.8, 4) is 0 Å². The summed E-state index contributed by atoms with van der Waals surface area (Å²) in [6, 6.07) is 5.57. The summed E-state index contributed by atoms with van der Waals surface area (Å²) >= 11 is 0. The number of carbonyl (C=O) groups excluding carboxylic acids is 2. The largest absolute Gasteiger partial charge is 0.338 e. The Bertz CT molecular complexity index is 636. The Kier molecular flexibility index (Phi) is 6.67. The smallest absolute Gasteiger partial charge is 0.322 e. The molecule has 0 spiro atoms. The lowest BCUT2D eigenvalue weighted by Crippen LogP contribution is -2.42. The molecule has 3 amide bonds. The quantitative estimate of drug-likeness (QED) is 0.856. The van der Waals surface area contributed by atoms with Gasteiger partial charge in [-0.3, -0.25) is 9.69 Å². The second-order valence-electron chi connectivity index (χ2n) is 6.65. The van der Waals surface area contributed by atoms with Gasteiger partial charge >= 0.3 is 6.03 Å². The van der Waals surface area contributed by atoms with Crippen molar-refractivity contribution in [2.45, 2.75) is 19.8 Å². The van der Waals surface area contributed by atoms with Crippen molar-refractivity contribution in [2.24, 2.45) is 5.92 Å². The zero-order valence-electron chi connectivity index (χ0n) is 14.9. The number of hydrogen-bond acceptors (Lipinski definition) is 3. The van der Waals surface area contributed by atoms with E-state index < -0.39 is 0 Å². The number of nitrogens with one attached hydrogen (secondary N) is 2. The van der Waals surface area contributed by atoms with Gasteiger partial charge in [0.2, 0.25) is 0 Å². The van der Waals surface area contributed by atoms with Crippen molar-refractivity contribution >= 4 is 30.0 Å². The number of halogens is 1. The number of piperidine rings is 1. The fraction of sp³-hybridized carbons (Fsp3) is 0.556. The van der Waals surface area contributed by atoms with Gasteiger partial charge in [0.1, 0.15) is 0 Å². The summed E-state index contributed by atoms with van der Waals surface area (Å²) in [6.07, 6.45) is 2.21. The molecule has 6 nitrogen and oxygen atoms in total. The van der Waals surface area contributed by atoms with Gasteiger partial charge in [-0.15, -0.1) is 12.4 Å². The molecule has 0 aliphatic carbocycles. The average molecular weight is 367 g/mol. The molecule has 25 heavy (non-hydrogen) atoms. The van der Waals surface area contributed by atoms with Gasteiger partial charge in [0.15, 0.2) is 0 Å². The van der Waals surface area contributed by atoms with Crippen LogP contribution in [0.15, 0.2) is 18.2 Å². The van der Waals surface area contributed by atoms with E-state index in [1.165, 1.54) is 0 Å². The summed E-state index contributed by atoms with van der Waals surface area (Å²) in [5.74, 6) is 0.593. The monoisotopic (exact) mass is 366 g/mol. The minimum Gasteiger partial charge on any atom is -0.338 e. The lowest BCUT2D eigenvalue weighted by Gasteiger charge is -2.33. The second-order valence-corrected chi connectivity index (χ2v) is 6.65. The van der Waals surface area contributed by atoms with E-state index in [4.69, 9.17) is 0 Å². The van der Waals surface area contributed by atoms with Crippen molar-refractivity contribution in [1.29, 1.82) is 0 Å². The van der Waals surface area contributed by atoms with Crippen LogP contribution in [0.5, 0.6) is 0 Å². The molecule has 1 aromatic carbocycles. The van der Waals surface area contributed by atoms with Crippen molar-refractivity contribution < 1.29 is 9.59 Å². The van der Waals surface area contributed by atoms with E-state index in [1.54, 1.807) is 4.90 Å². The van der Waals surface area contributed by atoms with Gasteiger partial charge in [0.25, 0.3) is 5.91 Å². The number of carbonyl (C=O) groups is 2. The van der Waals surface area contributed by atoms with E-state index in [-0.39, 0.29) is 24.3 Å². The molecule has 138 valence electrons. The second kappa shape index (κ2) is 8.54. The number of benzene rings is 1. The average Bonchev–Trinajstić information content (AvgIpc) is 3.01. The van der Waals surface area contributed by atoms with Crippen LogP contribution in [0.2, 0.25) is 0 Å². The first-order valence-electron chi connectivity index (χ1n) is 8.70. The maximum Gasteiger partial charge on any atom is 0.322 e. The van der Waals surface area contributed by atoms with Gasteiger partial charge in [-0.25, -0.2) is 4.79 Å². The molecular weight excluding hydrogens is 340 g/mol. The molecule has 0 aromatic heterocycles. The third-order valence-corrected chi connectivity index (χ3v) is 4.98. The first kappa shape index (κ1) is 19.5. The van der Waals surface area contributed by atoms with Gasteiger partial charge in [-0.1, -0.05) is 6.07 Å². The minimum atomic E-state index is -0.0882. The van der Waals surface area contributed by atoms with Crippen molar-refractivity contribution in [3.05, 3.63) is 29.3 Å². The van der Waals surface area contributed by atoms with E-state index in [0.717, 1.165) is 43.7 Å². The fourth-order valence-electron chi connectivity index (χ4n) is 3.72. The van der Waals surface area contributed by atoms with E-state index >= 15 is 0 Å². The molecular formula is C18H27ClN4O2. The fourth-order valence-corrected chi connectivity index (χ4v) is 3.72. The first-order chi connectivity index (χ1) is 11.6. The lowest BCUT2D eigenvalue weighted by atomic mass is 9.96. The normalized spacial score (nSPS) is 20.2. The molecule has 7 heteroatoms. The highest BCUT2D eigenvalue weighted by atomic mass is 35.5. The molecule has 2 fully saturated rings. The molecule has 3 rings (SSSR count). The molecule has 1 atom stereocenters. The van der Waals surface area contributed by atoms with Gasteiger partial charge in [0.05, 0.1) is 0 Å². The van der Waals surface area contributed by atoms with Gasteiger partial charge < -0.3 is 15.5 Å². The van der Waals surface area contributed by atoms with Crippen LogP contribution in [0, 0.1) is 12.8 Å². The number of urea groups is 1. The van der Waals surface area contributed by atoms with Gasteiger partial charge in [-0.05, 0) is 57.0 Å². The van der Waals surface area contributed by atoms with Crippen LogP contribution in [-0.4, -0.2) is 56.6 Å². The van der Waals surface area contributed by atoms with Crippen LogP contribution in [0.1, 0.15) is 28.8 Å². The number of rotatable bonds is 4. The first-order valence-corrected chi connectivity index (χ1v) is 8.70. The standard InChI is InChI=1S/C18H26N4O2.ClH/c1-13-15(6-3-7-16(13)22-10-8-20-18(22)24)17(23)21-9-4-5-14(12-21)11-19-2;/h3,6-7,14,19H,4-5,8-12H2,1-2H3,(H,20,24);1H.